The molecule has 2 atom stereocenters. The zero-order valence-corrected chi connectivity index (χ0v) is 27.7. The van der Waals surface area contributed by atoms with Gasteiger partial charge in [0.15, 0.2) is 9.84 Å². The highest BCUT2D eigenvalue weighted by molar-refractivity contribution is 7.92. The van der Waals surface area contributed by atoms with E-state index in [1.165, 1.54) is 6.08 Å². The van der Waals surface area contributed by atoms with Crippen molar-refractivity contribution >= 4 is 32.0 Å². The highest BCUT2D eigenvalue weighted by atomic mass is 32.2. The summed E-state index contributed by atoms with van der Waals surface area (Å²) in [4.78, 5) is 10.9. The number of benzene rings is 2. The van der Waals surface area contributed by atoms with Crippen molar-refractivity contribution in [3.8, 4) is 0 Å². The molecule has 1 saturated heterocycles. The fraction of sp³-hybridized carbons (Fsp3) is 0.452. The summed E-state index contributed by atoms with van der Waals surface area (Å²) >= 11 is 0. The predicted molar refractivity (Wildman–Crippen MR) is 170 cm³/mol. The average molecular weight is 674 g/mol. The minimum absolute atomic E-state index is 0.318. The fourth-order valence-electron chi connectivity index (χ4n) is 4.72. The zero-order chi connectivity index (χ0) is 34.2. The molecule has 2 aromatic rings. The SMILES string of the molecule is C=CC(c1cc(S(=O)(=O)C(C=C)c2ccccc2N(C)C)ccc1C(F)(F)F)S(=O)(=O)NC1CCNCC1.CC(C)(C)OC=O. The van der Waals surface area contributed by atoms with E-state index >= 15 is 0 Å². The summed E-state index contributed by atoms with van der Waals surface area (Å²) in [5.74, 6) is 0. The van der Waals surface area contributed by atoms with Crippen LogP contribution in [0.4, 0.5) is 18.9 Å². The van der Waals surface area contributed by atoms with E-state index in [4.69, 9.17) is 0 Å². The molecule has 2 N–H and O–H groups in total. The van der Waals surface area contributed by atoms with Gasteiger partial charge in [-0.1, -0.05) is 30.4 Å². The van der Waals surface area contributed by atoms with Crippen LogP contribution < -0.4 is 14.9 Å². The number of sulfone groups is 1. The number of anilines is 1. The molecule has 3 rings (SSSR count). The quantitative estimate of drug-likeness (QED) is 0.243. The Hall–Kier alpha value is -3.20. The number of halogens is 3. The lowest BCUT2D eigenvalue weighted by molar-refractivity contribution is -0.139. The Morgan fingerprint density at radius 3 is 2.00 bits per heavy atom. The summed E-state index contributed by atoms with van der Waals surface area (Å²) in [5.41, 5.74) is -1.30. The third-order valence-electron chi connectivity index (χ3n) is 6.86. The maximum absolute atomic E-state index is 14.0. The van der Waals surface area contributed by atoms with Crippen LogP contribution in [-0.4, -0.2) is 62.1 Å². The zero-order valence-electron chi connectivity index (χ0n) is 26.1. The molecule has 0 saturated carbocycles. The van der Waals surface area contributed by atoms with Crippen LogP contribution in [0, 0.1) is 0 Å². The first-order valence-corrected chi connectivity index (χ1v) is 17.2. The Bertz CT molecular complexity index is 1550. The van der Waals surface area contributed by atoms with Gasteiger partial charge < -0.3 is 15.0 Å². The fourth-order valence-corrected chi connectivity index (χ4v) is 7.98. The third-order valence-corrected chi connectivity index (χ3v) is 10.7. The number of nitrogens with one attached hydrogen (secondary N) is 2. The van der Waals surface area contributed by atoms with Gasteiger partial charge in [0.1, 0.15) is 16.1 Å². The van der Waals surface area contributed by atoms with Crippen molar-refractivity contribution < 1.29 is 39.5 Å². The molecule has 250 valence electrons. The van der Waals surface area contributed by atoms with E-state index < -0.39 is 58.6 Å². The summed E-state index contributed by atoms with van der Waals surface area (Å²) in [6, 6.07) is 8.49. The monoisotopic (exact) mass is 673 g/mol. The molecule has 0 aromatic heterocycles. The summed E-state index contributed by atoms with van der Waals surface area (Å²) < 4.78 is 103. The van der Waals surface area contributed by atoms with E-state index in [0.29, 0.717) is 49.7 Å². The van der Waals surface area contributed by atoms with Crippen molar-refractivity contribution in [2.24, 2.45) is 0 Å². The van der Waals surface area contributed by atoms with Gasteiger partial charge in [0.2, 0.25) is 10.0 Å². The standard InChI is InChI=1S/C26H32F3N3O4S2.C5H10O2/c1-5-24(20-9-7-8-10-23(20)32(3)4)37(33,34)19-11-12-22(26(27,28)29)21(17-19)25(6-2)38(35,36)31-18-13-15-30-16-14-18;1-5(2,3)7-4-6/h5-12,17-18,24-25,30-31H,1-2,13-16H2,3-4H3;4H,1-3H3. The van der Waals surface area contributed by atoms with E-state index in [1.54, 1.807) is 43.3 Å². The molecule has 0 spiro atoms. The first-order valence-electron chi connectivity index (χ1n) is 14.1. The van der Waals surface area contributed by atoms with E-state index in [-0.39, 0.29) is 5.60 Å². The van der Waals surface area contributed by atoms with Gasteiger partial charge in [0, 0.05) is 25.8 Å². The molecule has 0 aliphatic carbocycles. The van der Waals surface area contributed by atoms with Gasteiger partial charge in [0.05, 0.1) is 10.5 Å². The molecule has 1 aliphatic rings. The van der Waals surface area contributed by atoms with Gasteiger partial charge >= 0.3 is 6.18 Å². The molecule has 9 nitrogen and oxygen atoms in total. The summed E-state index contributed by atoms with van der Waals surface area (Å²) in [6.07, 6.45) is -1.91. The van der Waals surface area contributed by atoms with Crippen molar-refractivity contribution in [1.29, 1.82) is 0 Å². The van der Waals surface area contributed by atoms with E-state index in [9.17, 15) is 34.8 Å². The first kappa shape index (κ1) is 38.0. The Morgan fingerprint density at radius 2 is 1.53 bits per heavy atom. The van der Waals surface area contributed by atoms with Crippen LogP contribution in [0.1, 0.15) is 60.8 Å². The molecular weight excluding hydrogens is 631 g/mol. The Labute approximate surface area is 264 Å². The number of hydrogen-bond acceptors (Lipinski definition) is 8. The largest absolute Gasteiger partial charge is 0.462 e. The molecule has 2 aromatic carbocycles. The minimum atomic E-state index is -4.93. The molecule has 0 amide bonds. The predicted octanol–water partition coefficient (Wildman–Crippen LogP) is 5.33. The van der Waals surface area contributed by atoms with Crippen LogP contribution >= 0.6 is 0 Å². The average Bonchev–Trinajstić information content (AvgIpc) is 2.93. The number of carbonyl (C=O) groups is 1. The molecule has 45 heavy (non-hydrogen) atoms. The summed E-state index contributed by atoms with van der Waals surface area (Å²) in [6.45, 7) is 14.2. The van der Waals surface area contributed by atoms with Crippen molar-refractivity contribution in [3.63, 3.8) is 0 Å². The number of carbonyl (C=O) groups excluding carboxylic acids is 1. The number of nitrogens with zero attached hydrogens (tertiary/aromatic N) is 1. The lowest BCUT2D eigenvalue weighted by atomic mass is 10.0. The second-order valence-corrected chi connectivity index (χ2v) is 15.5. The Morgan fingerprint density at radius 1 is 0.956 bits per heavy atom. The van der Waals surface area contributed by atoms with Gasteiger partial charge in [-0.15, -0.1) is 13.2 Å². The number of hydrogen-bond donors (Lipinski definition) is 2. The van der Waals surface area contributed by atoms with E-state index in [0.717, 1.165) is 18.2 Å². The number of sulfonamides is 1. The third kappa shape index (κ3) is 10.1. The maximum atomic E-state index is 14.0. The van der Waals surface area contributed by atoms with Crippen LogP contribution in [0.5, 0.6) is 0 Å². The minimum Gasteiger partial charge on any atom is -0.462 e. The molecule has 0 radical (unpaired) electrons. The number of piperidine rings is 1. The lowest BCUT2D eigenvalue weighted by Crippen LogP contribution is -2.44. The van der Waals surface area contributed by atoms with Gasteiger partial charge in [-0.3, -0.25) is 4.79 Å². The van der Waals surface area contributed by atoms with Crippen molar-refractivity contribution in [3.05, 3.63) is 84.5 Å². The molecule has 0 bridgehead atoms. The lowest BCUT2D eigenvalue weighted by Gasteiger charge is -2.27. The number of alkyl halides is 3. The second-order valence-electron chi connectivity index (χ2n) is 11.6. The number of rotatable bonds is 11. The summed E-state index contributed by atoms with van der Waals surface area (Å²) in [5, 5.41) is -0.0398. The topological polar surface area (TPSA) is 122 Å². The number of para-hydroxylation sites is 1. The van der Waals surface area contributed by atoms with Crippen molar-refractivity contribution in [1.82, 2.24) is 10.0 Å². The molecule has 2 unspecified atom stereocenters. The first-order chi connectivity index (χ1) is 20.8. The highest BCUT2D eigenvalue weighted by Crippen LogP contribution is 2.41. The van der Waals surface area contributed by atoms with Crippen LogP contribution in [0.25, 0.3) is 0 Å². The van der Waals surface area contributed by atoms with Gasteiger partial charge in [-0.2, -0.15) is 13.2 Å². The van der Waals surface area contributed by atoms with Crippen LogP contribution in [0.2, 0.25) is 0 Å². The normalized spacial score (nSPS) is 16.0. The number of ether oxygens (including phenoxy) is 1. The summed E-state index contributed by atoms with van der Waals surface area (Å²) in [7, 11) is -5.25. The van der Waals surface area contributed by atoms with Crippen molar-refractivity contribution in [2.45, 2.75) is 66.8 Å². The molecular formula is C31H42F3N3O6S2. The highest BCUT2D eigenvalue weighted by Gasteiger charge is 2.40. The van der Waals surface area contributed by atoms with Gasteiger partial charge in [-0.05, 0) is 82.1 Å². The van der Waals surface area contributed by atoms with E-state index in [2.05, 4.69) is 27.9 Å². The van der Waals surface area contributed by atoms with Crippen LogP contribution in [0.3, 0.4) is 0 Å². The Balaban J connectivity index is 0.000000900. The molecule has 1 heterocycles. The van der Waals surface area contributed by atoms with E-state index in [1.807, 2.05) is 20.8 Å². The van der Waals surface area contributed by atoms with Crippen LogP contribution in [0.15, 0.2) is 72.7 Å². The molecule has 1 fully saturated rings. The van der Waals surface area contributed by atoms with Gasteiger partial charge in [-0.25, -0.2) is 21.6 Å². The van der Waals surface area contributed by atoms with Crippen LogP contribution in [-0.2, 0) is 35.6 Å². The van der Waals surface area contributed by atoms with Crippen molar-refractivity contribution in [2.75, 3.05) is 32.1 Å². The smallest absolute Gasteiger partial charge is 0.416 e. The maximum Gasteiger partial charge on any atom is 0.416 e. The molecule has 14 heteroatoms. The van der Waals surface area contributed by atoms with Gasteiger partial charge in [0.25, 0.3) is 6.47 Å². The second kappa shape index (κ2) is 15.4. The molecule has 1 aliphatic heterocycles. The Kier molecular flexibility index (Phi) is 13.0.